The van der Waals surface area contributed by atoms with Gasteiger partial charge in [-0.15, -0.1) is 0 Å². The average Bonchev–Trinajstić information content (AvgIpc) is 4.24. The topological polar surface area (TPSA) is 124 Å². The second-order valence-corrected chi connectivity index (χ2v) is 26.8. The van der Waals surface area contributed by atoms with Gasteiger partial charge in [0.25, 0.3) is 8.53 Å². The molecule has 9 fully saturated rings. The third kappa shape index (κ3) is 12.1. The molecule has 0 amide bonds. The normalized spacial score (nSPS) is 38.9. The molecular formula is C47H62B2Cl4N3O9P3. The summed E-state index contributed by atoms with van der Waals surface area (Å²) in [5, 5.41) is 22.9. The molecule has 16 atom stereocenters. The summed E-state index contributed by atoms with van der Waals surface area (Å²) in [4.78, 5) is 0. The van der Waals surface area contributed by atoms with Gasteiger partial charge in [0.05, 0.1) is 19.3 Å². The van der Waals surface area contributed by atoms with Crippen molar-refractivity contribution >= 4 is 82.8 Å². The van der Waals surface area contributed by atoms with Crippen molar-refractivity contribution in [1.29, 1.82) is 0 Å². The number of aliphatic hydroxyl groups is 2. The molecule has 0 aromatic heterocycles. The number of hydrogen-bond acceptors (Lipinski definition) is 12. The fourth-order valence-corrected chi connectivity index (χ4v) is 14.9. The minimum absolute atomic E-state index is 0.0851. The summed E-state index contributed by atoms with van der Waals surface area (Å²) in [5.74, 6) is -1.20. The van der Waals surface area contributed by atoms with Crippen molar-refractivity contribution in [2.24, 2.45) is 0 Å². The zero-order valence-electron chi connectivity index (χ0n) is 38.4. The maximum absolute atomic E-state index is 9.96. The number of rotatable bonds is 8. The van der Waals surface area contributed by atoms with Gasteiger partial charge >= 0.3 is 0 Å². The molecule has 368 valence electrons. The van der Waals surface area contributed by atoms with Crippen molar-refractivity contribution in [1.82, 2.24) is 14.7 Å². The monoisotopic (exact) mass is 1070 g/mol. The lowest BCUT2D eigenvalue weighted by atomic mass is 9.91. The molecule has 4 bridgehead atoms. The number of fused-ring (bicyclic) bond motifs is 6. The standard InChI is InChI=1S/C18H23BNO4P.C11H13ClNOP.C11H15NO.C7H11BO3.Cl3P/c1-2-18-11-21-15(17(19)22-18)16(18)24-25-20-10-6-9-13(20)14(23-25)12-7-4-3-5-8-12;12-15-13-8-4-7-10(13)11(14-15)9-5-2-1-3-6-9;13-11(10-7-4-8-12-10)9-5-2-1-3-6-9;1-2-7-3-10-4(5(7)9)6(8)11-7;1-4(2)3/h3-5,7-8,13-17H,2,6,9-11H2,1H3;1-3,5-6,10-11H,4,7-8H2;1-3,5-6,10-13H,4,7-8H2;4-6,9H,2-3H2,1H3;/t13?,14?,15?,16-,17-,18+,25?;;;4?,5-,6-,7+;/m1..1./s1. The quantitative estimate of drug-likeness (QED) is 0.147. The minimum atomic E-state index is -1.20. The molecule has 9 saturated heterocycles. The van der Waals surface area contributed by atoms with Crippen LogP contribution in [0.2, 0.25) is 0 Å². The van der Waals surface area contributed by atoms with Crippen LogP contribution in [0.5, 0.6) is 0 Å². The van der Waals surface area contributed by atoms with Crippen molar-refractivity contribution < 1.29 is 42.7 Å². The molecule has 3 N–H and O–H groups in total. The van der Waals surface area contributed by atoms with Gasteiger partial charge in [-0.2, -0.15) is 0 Å². The molecule has 0 spiro atoms. The summed E-state index contributed by atoms with van der Waals surface area (Å²) in [6.45, 7) is 8.27. The Balaban J connectivity index is 0.000000126. The fourth-order valence-electron chi connectivity index (χ4n) is 10.7. The highest BCUT2D eigenvalue weighted by atomic mass is 36.0. The number of nitrogens with zero attached hydrogens (tertiary/aromatic N) is 2. The molecule has 10 unspecified atom stereocenters. The molecular weight excluding hydrogens is 1010 g/mol. The van der Waals surface area contributed by atoms with Gasteiger partial charge in [-0.25, -0.2) is 9.34 Å². The van der Waals surface area contributed by atoms with E-state index in [2.05, 4.69) is 70.1 Å². The first-order valence-corrected chi connectivity index (χ1v) is 31.1. The maximum Gasteiger partial charge on any atom is 0.260 e. The largest absolute Gasteiger partial charge is 0.387 e. The molecule has 3 aromatic carbocycles. The highest BCUT2D eigenvalue weighted by Gasteiger charge is 2.62. The number of nitrogens with one attached hydrogen (secondary N) is 1. The smallest absolute Gasteiger partial charge is 0.260 e. The summed E-state index contributed by atoms with van der Waals surface area (Å²) < 4.78 is 46.1. The fraction of sp³-hybridized carbons (Fsp3) is 0.617. The third-order valence-electron chi connectivity index (χ3n) is 14.4. The molecule has 9 heterocycles. The van der Waals surface area contributed by atoms with Gasteiger partial charge in [-0.3, -0.25) is 0 Å². The molecule has 21 heteroatoms. The lowest BCUT2D eigenvalue weighted by molar-refractivity contribution is -0.118. The van der Waals surface area contributed by atoms with Crippen molar-refractivity contribution in [3.8, 4) is 0 Å². The molecule has 0 aliphatic carbocycles. The molecule has 12 rings (SSSR count). The van der Waals surface area contributed by atoms with Gasteiger partial charge < -0.3 is 48.0 Å². The van der Waals surface area contributed by atoms with Crippen LogP contribution in [-0.2, 0) is 32.5 Å². The number of benzene rings is 3. The van der Waals surface area contributed by atoms with E-state index in [1.165, 1.54) is 36.8 Å². The van der Waals surface area contributed by atoms with Crippen LogP contribution in [0.4, 0.5) is 0 Å². The molecule has 0 saturated carbocycles. The number of hydrogen-bond donors (Lipinski definition) is 3. The Labute approximate surface area is 427 Å². The van der Waals surface area contributed by atoms with Crippen LogP contribution in [0.15, 0.2) is 91.0 Å². The van der Waals surface area contributed by atoms with Gasteiger partial charge in [0.15, 0.2) is 5.98 Å². The first-order valence-electron chi connectivity index (χ1n) is 23.8. The van der Waals surface area contributed by atoms with Gasteiger partial charge in [0, 0.05) is 43.2 Å². The molecule has 4 radical (unpaired) electrons. The van der Waals surface area contributed by atoms with Crippen molar-refractivity contribution in [3.63, 3.8) is 0 Å². The Morgan fingerprint density at radius 1 is 0.750 bits per heavy atom. The summed E-state index contributed by atoms with van der Waals surface area (Å²) in [7, 11) is 9.69. The number of aliphatic hydroxyl groups excluding tert-OH is 2. The highest BCUT2D eigenvalue weighted by molar-refractivity contribution is 8.20. The highest BCUT2D eigenvalue weighted by Crippen LogP contribution is 2.64. The van der Waals surface area contributed by atoms with E-state index in [1.54, 1.807) is 0 Å². The van der Waals surface area contributed by atoms with E-state index in [0.29, 0.717) is 25.3 Å². The van der Waals surface area contributed by atoms with E-state index in [-0.39, 0.29) is 42.7 Å². The lowest BCUT2D eigenvalue weighted by Gasteiger charge is -2.31. The van der Waals surface area contributed by atoms with Crippen LogP contribution < -0.4 is 5.32 Å². The van der Waals surface area contributed by atoms with Gasteiger partial charge in [-0.1, -0.05) is 139 Å². The number of halogens is 4. The number of ether oxygens (including phenoxy) is 4. The Kier molecular flexibility index (Phi) is 19.8. The van der Waals surface area contributed by atoms with Crippen LogP contribution in [0.25, 0.3) is 0 Å². The van der Waals surface area contributed by atoms with Crippen LogP contribution in [0, 0.1) is 0 Å². The first-order chi connectivity index (χ1) is 32.9. The van der Waals surface area contributed by atoms with Crippen molar-refractivity contribution in [2.75, 3.05) is 32.8 Å². The van der Waals surface area contributed by atoms with Crippen LogP contribution in [0.1, 0.15) is 100 Å². The summed E-state index contributed by atoms with van der Waals surface area (Å²) in [5.41, 5.74) is 2.58. The Bertz CT molecular complexity index is 2010. The average molecular weight is 1070 g/mol. The minimum Gasteiger partial charge on any atom is -0.387 e. The summed E-state index contributed by atoms with van der Waals surface area (Å²) >= 11 is 20.8. The van der Waals surface area contributed by atoms with Crippen molar-refractivity contribution in [2.45, 2.75) is 149 Å². The Morgan fingerprint density at radius 3 is 1.78 bits per heavy atom. The van der Waals surface area contributed by atoms with Crippen molar-refractivity contribution in [3.05, 3.63) is 108 Å². The SMILES string of the molecule is ClP(Cl)Cl.ClP1OC(c2ccccc2)C2CCCN21.OC(c1ccccc1)C1CCCN1.[B][C@@H]1O[C@@]2(CC)COC1[C@H]2O.[B][C@@H]1O[C@@]2(CC)COC1[C@H]2OP1OC(c2ccccc2)C2CCCN21. The predicted octanol–water partition coefficient (Wildman–Crippen LogP) is 10.4. The predicted molar refractivity (Wildman–Crippen MR) is 274 cm³/mol. The van der Waals surface area contributed by atoms with Gasteiger partial charge in [0.1, 0.15) is 63.5 Å². The zero-order valence-corrected chi connectivity index (χ0v) is 44.1. The third-order valence-corrected chi connectivity index (χ3v) is 18.3. The van der Waals surface area contributed by atoms with E-state index >= 15 is 0 Å². The van der Waals surface area contributed by atoms with Crippen LogP contribution >= 0.6 is 67.1 Å². The van der Waals surface area contributed by atoms with Gasteiger partial charge in [-0.05, 0) is 85.8 Å². The second-order valence-electron chi connectivity index (χ2n) is 18.4. The molecule has 3 aromatic rings. The Morgan fingerprint density at radius 2 is 1.26 bits per heavy atom. The molecule has 68 heavy (non-hydrogen) atoms. The van der Waals surface area contributed by atoms with Crippen LogP contribution in [0.3, 0.4) is 0 Å². The van der Waals surface area contributed by atoms with Gasteiger partial charge in [0.2, 0.25) is 7.65 Å². The van der Waals surface area contributed by atoms with E-state index in [0.717, 1.165) is 50.9 Å². The summed E-state index contributed by atoms with van der Waals surface area (Å²) in [6, 6.07) is 31.1. The van der Waals surface area contributed by atoms with Crippen LogP contribution in [-0.4, -0.2) is 134 Å². The maximum atomic E-state index is 9.96. The second kappa shape index (κ2) is 24.9. The molecule has 9 aliphatic rings. The Hall–Kier alpha value is -0.240. The molecule has 12 nitrogen and oxygen atoms in total. The van der Waals surface area contributed by atoms with E-state index in [9.17, 15) is 10.2 Å². The van der Waals surface area contributed by atoms with E-state index in [1.807, 2.05) is 49.4 Å². The van der Waals surface area contributed by atoms with E-state index < -0.39 is 51.5 Å². The molecule has 9 aliphatic heterocycles. The zero-order chi connectivity index (χ0) is 48.0. The first kappa shape index (κ1) is 54.0. The lowest BCUT2D eigenvalue weighted by Crippen LogP contribution is -2.41. The summed E-state index contributed by atoms with van der Waals surface area (Å²) in [6.07, 6.45) is 7.39. The van der Waals surface area contributed by atoms with E-state index in [4.69, 9.17) is 93.2 Å².